The van der Waals surface area contributed by atoms with Crippen LogP contribution >= 0.6 is 7.75 Å². The summed E-state index contributed by atoms with van der Waals surface area (Å²) in [6.07, 6.45) is -0.674. The second-order valence-electron chi connectivity index (χ2n) is 9.39. The van der Waals surface area contributed by atoms with Crippen LogP contribution in [0, 0.1) is 6.92 Å². The minimum absolute atomic E-state index is 0.0445. The Morgan fingerprint density at radius 3 is 2.87 bits per heavy atom. The largest absolute Gasteiger partial charge is 0.424 e. The van der Waals surface area contributed by atoms with Crippen LogP contribution in [0.15, 0.2) is 12.5 Å². The number of nitrogens with one attached hydrogen (secondary N) is 1. The second-order valence-corrected chi connectivity index (χ2v) is 11.2. The zero-order valence-electron chi connectivity index (χ0n) is 21.4. The van der Waals surface area contributed by atoms with Crippen LogP contribution in [0.1, 0.15) is 43.3 Å². The van der Waals surface area contributed by atoms with Gasteiger partial charge in [0.2, 0.25) is 5.95 Å². The summed E-state index contributed by atoms with van der Waals surface area (Å²) in [4.78, 5) is 28.3. The Kier molecular flexibility index (Phi) is 7.05. The molecule has 0 aromatic carbocycles. The predicted octanol–water partition coefficient (Wildman–Crippen LogP) is 0.464. The summed E-state index contributed by atoms with van der Waals surface area (Å²) in [5, 5.41) is 24.7. The van der Waals surface area contributed by atoms with Crippen molar-refractivity contribution in [1.29, 1.82) is 0 Å². The number of aromatic nitrogens is 5. The number of pyridine rings is 1. The molecule has 1 fully saturated rings. The van der Waals surface area contributed by atoms with Crippen molar-refractivity contribution in [3.63, 3.8) is 0 Å². The van der Waals surface area contributed by atoms with E-state index in [4.69, 9.17) is 30.0 Å². The van der Waals surface area contributed by atoms with E-state index in [-0.39, 0.29) is 48.3 Å². The number of nitrogens with two attached hydrogens (primary N) is 2. The summed E-state index contributed by atoms with van der Waals surface area (Å²) < 4.78 is 37.4. The van der Waals surface area contributed by atoms with Gasteiger partial charge in [-0.15, -0.1) is 0 Å². The Morgan fingerprint density at radius 1 is 1.36 bits per heavy atom. The standard InChI is InChI=1S/C22H29N8O8P/c1-4-14(31)38-16-10(2)25-5-11-6-27-39(34,35-7-12(11)16)36-8-13-17(32)22(3,33)20(37-13)30-9-26-15-18(23)28-21(24)29-19(15)30/h5,9,13,17,20,32-33H,4,6-8H2,1-3H3,(H,27,34)(H4,23,24,28,29)/t13-,17+,20-,22+,39?/m1/s1. The van der Waals surface area contributed by atoms with Crippen LogP contribution in [0.2, 0.25) is 0 Å². The summed E-state index contributed by atoms with van der Waals surface area (Å²) in [6.45, 7) is 4.18. The molecule has 5 rings (SSSR count). The Balaban J connectivity index is 1.32. The summed E-state index contributed by atoms with van der Waals surface area (Å²) >= 11 is 0. The number of imidazole rings is 1. The first kappa shape index (κ1) is 27.3. The molecule has 39 heavy (non-hydrogen) atoms. The van der Waals surface area contributed by atoms with E-state index in [1.54, 1.807) is 20.0 Å². The first-order chi connectivity index (χ1) is 18.4. The smallest absolute Gasteiger partial charge is 0.406 e. The summed E-state index contributed by atoms with van der Waals surface area (Å²) in [5.41, 5.74) is 11.8. The average Bonchev–Trinajstić information content (AvgIpc) is 3.33. The molecule has 3 aromatic rings. The van der Waals surface area contributed by atoms with E-state index in [1.807, 2.05) is 0 Å². The van der Waals surface area contributed by atoms with E-state index in [9.17, 15) is 19.6 Å². The minimum atomic E-state index is -3.93. The van der Waals surface area contributed by atoms with Crippen molar-refractivity contribution < 1.29 is 38.1 Å². The van der Waals surface area contributed by atoms with Gasteiger partial charge in [-0.3, -0.25) is 23.4 Å². The topological polar surface area (TPSA) is 232 Å². The summed E-state index contributed by atoms with van der Waals surface area (Å²) in [5.74, 6) is -0.251. The van der Waals surface area contributed by atoms with Gasteiger partial charge in [0.25, 0.3) is 0 Å². The number of esters is 1. The zero-order valence-corrected chi connectivity index (χ0v) is 22.3. The summed E-state index contributed by atoms with van der Waals surface area (Å²) in [7, 11) is -3.93. The van der Waals surface area contributed by atoms with Crippen molar-refractivity contribution in [3.8, 4) is 5.75 Å². The molecule has 0 amide bonds. The maximum absolute atomic E-state index is 13.4. The second kappa shape index (κ2) is 10.1. The monoisotopic (exact) mass is 564 g/mol. The molecular weight excluding hydrogens is 535 g/mol. The van der Waals surface area contributed by atoms with E-state index in [1.165, 1.54) is 17.8 Å². The molecule has 0 bridgehead atoms. The van der Waals surface area contributed by atoms with Gasteiger partial charge in [0.15, 0.2) is 23.4 Å². The van der Waals surface area contributed by atoms with Crippen molar-refractivity contribution in [3.05, 3.63) is 29.3 Å². The van der Waals surface area contributed by atoms with E-state index < -0.39 is 44.4 Å². The molecule has 1 unspecified atom stereocenters. The molecule has 0 radical (unpaired) electrons. The lowest BCUT2D eigenvalue weighted by atomic mass is 9.96. The number of carbonyl (C=O) groups excluding carboxylic acids is 1. The number of nitrogens with zero attached hydrogens (tertiary/aromatic N) is 5. The van der Waals surface area contributed by atoms with Crippen LogP contribution < -0.4 is 21.3 Å². The number of hydrogen-bond acceptors (Lipinski definition) is 14. The number of fused-ring (bicyclic) bond motifs is 2. The van der Waals surface area contributed by atoms with Gasteiger partial charge in [-0.05, 0) is 19.4 Å². The molecule has 5 heterocycles. The van der Waals surface area contributed by atoms with Gasteiger partial charge < -0.3 is 31.2 Å². The quantitative estimate of drug-likeness (QED) is 0.202. The first-order valence-corrected chi connectivity index (χ1v) is 13.6. The molecule has 210 valence electrons. The molecule has 1 saturated heterocycles. The number of aliphatic hydroxyl groups is 2. The highest BCUT2D eigenvalue weighted by molar-refractivity contribution is 7.51. The first-order valence-electron chi connectivity index (χ1n) is 12.1. The lowest BCUT2D eigenvalue weighted by Crippen LogP contribution is -2.44. The van der Waals surface area contributed by atoms with E-state index in [2.05, 4.69) is 25.0 Å². The van der Waals surface area contributed by atoms with Crippen LogP contribution in [-0.2, 0) is 36.3 Å². The van der Waals surface area contributed by atoms with Crippen molar-refractivity contribution in [1.82, 2.24) is 29.6 Å². The van der Waals surface area contributed by atoms with Gasteiger partial charge in [-0.2, -0.15) is 9.97 Å². The molecule has 7 N–H and O–H groups in total. The molecule has 0 spiro atoms. The van der Waals surface area contributed by atoms with Crippen LogP contribution in [0.4, 0.5) is 11.8 Å². The molecule has 17 heteroatoms. The van der Waals surface area contributed by atoms with Crippen LogP contribution in [0.3, 0.4) is 0 Å². The highest BCUT2D eigenvalue weighted by atomic mass is 31.2. The third-order valence-corrected chi connectivity index (χ3v) is 8.14. The van der Waals surface area contributed by atoms with Gasteiger partial charge in [-0.25, -0.2) is 14.6 Å². The molecular formula is C22H29N8O8P. The fraction of sp³-hybridized carbons (Fsp3) is 0.500. The Bertz CT molecular complexity index is 1480. The Morgan fingerprint density at radius 2 is 2.13 bits per heavy atom. The van der Waals surface area contributed by atoms with Gasteiger partial charge >= 0.3 is 13.7 Å². The molecule has 0 saturated carbocycles. The fourth-order valence-electron chi connectivity index (χ4n) is 4.44. The molecule has 2 aliphatic rings. The number of aliphatic hydroxyl groups excluding tert-OH is 1. The maximum atomic E-state index is 13.4. The number of hydrogen-bond donors (Lipinski definition) is 5. The number of ether oxygens (including phenoxy) is 2. The molecule has 5 atom stereocenters. The van der Waals surface area contributed by atoms with Crippen molar-refractivity contribution >= 4 is 36.6 Å². The normalized spacial score (nSPS) is 28.8. The third-order valence-electron chi connectivity index (χ3n) is 6.63. The van der Waals surface area contributed by atoms with E-state index in [0.29, 0.717) is 16.8 Å². The van der Waals surface area contributed by atoms with Gasteiger partial charge in [0.1, 0.15) is 23.3 Å². The predicted molar refractivity (Wildman–Crippen MR) is 135 cm³/mol. The summed E-state index contributed by atoms with van der Waals surface area (Å²) in [6, 6.07) is 0. The number of aryl methyl sites for hydroxylation is 1. The number of nitrogen functional groups attached to an aromatic ring is 2. The van der Waals surface area contributed by atoms with Crippen molar-refractivity contribution in [2.45, 2.75) is 64.4 Å². The lowest BCUT2D eigenvalue weighted by Gasteiger charge is -2.27. The van der Waals surface area contributed by atoms with Crippen LogP contribution in [-0.4, -0.2) is 65.1 Å². The Labute approximate surface area is 222 Å². The van der Waals surface area contributed by atoms with Crippen LogP contribution in [0.25, 0.3) is 11.2 Å². The van der Waals surface area contributed by atoms with Gasteiger partial charge in [0.05, 0.1) is 25.2 Å². The zero-order chi connectivity index (χ0) is 28.1. The van der Waals surface area contributed by atoms with E-state index in [0.717, 1.165) is 0 Å². The van der Waals surface area contributed by atoms with E-state index >= 15 is 0 Å². The molecule has 16 nitrogen and oxygen atoms in total. The molecule has 0 aliphatic carbocycles. The number of carbonyl (C=O) groups is 1. The minimum Gasteiger partial charge on any atom is -0.424 e. The average molecular weight is 564 g/mol. The fourth-order valence-corrected chi connectivity index (χ4v) is 5.71. The molecule has 2 aliphatic heterocycles. The van der Waals surface area contributed by atoms with Gasteiger partial charge in [0, 0.05) is 24.7 Å². The highest BCUT2D eigenvalue weighted by Crippen LogP contribution is 2.49. The number of anilines is 2. The molecule has 3 aromatic heterocycles. The highest BCUT2D eigenvalue weighted by Gasteiger charge is 2.54. The Hall–Kier alpha value is -3.24. The van der Waals surface area contributed by atoms with Crippen molar-refractivity contribution in [2.75, 3.05) is 18.1 Å². The van der Waals surface area contributed by atoms with Crippen molar-refractivity contribution in [2.24, 2.45) is 0 Å². The third kappa shape index (κ3) is 4.96. The maximum Gasteiger partial charge on any atom is 0.406 e. The lowest BCUT2D eigenvalue weighted by molar-refractivity contribution is -0.134. The SMILES string of the molecule is CCC(=O)Oc1c(C)ncc2c1COP(=O)(OC[C@H]1O[C@@H](n3cnc4c(N)nc(N)nc43)[C@@](C)(O)[C@H]1O)NC2. The van der Waals surface area contributed by atoms with Crippen LogP contribution in [0.5, 0.6) is 5.75 Å². The van der Waals surface area contributed by atoms with Gasteiger partial charge in [-0.1, -0.05) is 6.92 Å². The number of rotatable bonds is 6.